The summed E-state index contributed by atoms with van der Waals surface area (Å²) in [5.41, 5.74) is 3.54. The maximum Gasteiger partial charge on any atom is 0.256 e. The van der Waals surface area contributed by atoms with Crippen LogP contribution in [-0.2, 0) is 0 Å². The SMILES string of the molecule is CSc1nc(-c2ccccc2)c(NC(=O)c2cccc(C)c2)s1. The van der Waals surface area contributed by atoms with Crippen LogP contribution >= 0.6 is 23.1 Å². The Morgan fingerprint density at radius 1 is 1.13 bits per heavy atom. The van der Waals surface area contributed by atoms with Gasteiger partial charge in [-0.2, -0.15) is 0 Å². The minimum atomic E-state index is -0.109. The van der Waals surface area contributed by atoms with Crippen LogP contribution in [0.3, 0.4) is 0 Å². The summed E-state index contributed by atoms with van der Waals surface area (Å²) in [5.74, 6) is -0.109. The number of nitrogens with one attached hydrogen (secondary N) is 1. The molecule has 0 aliphatic carbocycles. The molecule has 1 N–H and O–H groups in total. The molecule has 23 heavy (non-hydrogen) atoms. The van der Waals surface area contributed by atoms with E-state index in [1.807, 2.05) is 67.8 Å². The quantitative estimate of drug-likeness (QED) is 0.672. The summed E-state index contributed by atoms with van der Waals surface area (Å²) < 4.78 is 0.934. The van der Waals surface area contributed by atoms with E-state index >= 15 is 0 Å². The largest absolute Gasteiger partial charge is 0.312 e. The summed E-state index contributed by atoms with van der Waals surface area (Å²) in [5, 5.41) is 3.80. The van der Waals surface area contributed by atoms with Crippen molar-refractivity contribution in [3.05, 3.63) is 65.7 Å². The van der Waals surface area contributed by atoms with Crippen LogP contribution < -0.4 is 5.32 Å². The maximum absolute atomic E-state index is 12.5. The molecule has 3 rings (SSSR count). The van der Waals surface area contributed by atoms with Gasteiger partial charge in [0.2, 0.25) is 0 Å². The third kappa shape index (κ3) is 3.63. The van der Waals surface area contributed by atoms with Gasteiger partial charge in [-0.3, -0.25) is 4.79 Å². The predicted octanol–water partition coefficient (Wildman–Crippen LogP) is 5.09. The molecule has 0 atom stereocenters. The molecule has 0 spiro atoms. The molecule has 0 unspecified atom stereocenters. The van der Waals surface area contributed by atoms with Crippen LogP contribution in [0, 0.1) is 6.92 Å². The summed E-state index contributed by atoms with van der Waals surface area (Å²) in [4.78, 5) is 17.1. The number of carbonyl (C=O) groups excluding carboxylic acids is 1. The van der Waals surface area contributed by atoms with Gasteiger partial charge in [-0.1, -0.05) is 71.1 Å². The average Bonchev–Trinajstić information content (AvgIpc) is 2.98. The average molecular weight is 340 g/mol. The van der Waals surface area contributed by atoms with Gasteiger partial charge < -0.3 is 5.32 Å². The van der Waals surface area contributed by atoms with E-state index in [1.54, 1.807) is 11.8 Å². The molecular weight excluding hydrogens is 324 g/mol. The molecule has 116 valence electrons. The van der Waals surface area contributed by atoms with Crippen molar-refractivity contribution in [1.82, 2.24) is 4.98 Å². The van der Waals surface area contributed by atoms with Gasteiger partial charge in [0, 0.05) is 11.1 Å². The van der Waals surface area contributed by atoms with Crippen molar-refractivity contribution in [2.45, 2.75) is 11.3 Å². The van der Waals surface area contributed by atoms with Crippen LogP contribution in [0.25, 0.3) is 11.3 Å². The summed E-state index contributed by atoms with van der Waals surface area (Å²) in [6.45, 7) is 1.98. The number of hydrogen-bond acceptors (Lipinski definition) is 4. The second-order valence-corrected chi connectivity index (χ2v) is 7.10. The lowest BCUT2D eigenvalue weighted by Crippen LogP contribution is -2.11. The van der Waals surface area contributed by atoms with E-state index in [9.17, 15) is 4.79 Å². The first kappa shape index (κ1) is 15.8. The van der Waals surface area contributed by atoms with Crippen LogP contribution in [0.4, 0.5) is 5.00 Å². The molecule has 0 saturated carbocycles. The highest BCUT2D eigenvalue weighted by molar-refractivity contribution is 8.00. The fourth-order valence-electron chi connectivity index (χ4n) is 2.23. The zero-order chi connectivity index (χ0) is 16.2. The second-order valence-electron chi connectivity index (χ2n) is 5.05. The molecule has 3 aromatic rings. The number of rotatable bonds is 4. The molecule has 0 aliphatic heterocycles. The number of aromatic nitrogens is 1. The number of hydrogen-bond donors (Lipinski definition) is 1. The second kappa shape index (κ2) is 6.98. The van der Waals surface area contributed by atoms with Crippen LogP contribution in [-0.4, -0.2) is 17.1 Å². The van der Waals surface area contributed by atoms with Gasteiger partial charge in [-0.25, -0.2) is 4.98 Å². The third-order valence-corrected chi connectivity index (χ3v) is 5.29. The molecule has 0 aliphatic rings. The number of nitrogens with zero attached hydrogens (tertiary/aromatic N) is 1. The summed E-state index contributed by atoms with van der Waals surface area (Å²) >= 11 is 3.08. The fourth-order valence-corrected chi connectivity index (χ4v) is 3.71. The van der Waals surface area contributed by atoms with Crippen molar-refractivity contribution in [2.24, 2.45) is 0 Å². The van der Waals surface area contributed by atoms with Gasteiger partial charge in [0.25, 0.3) is 5.91 Å². The van der Waals surface area contributed by atoms with Crippen molar-refractivity contribution in [2.75, 3.05) is 11.6 Å². The van der Waals surface area contributed by atoms with E-state index in [1.165, 1.54) is 11.3 Å². The summed E-state index contributed by atoms with van der Waals surface area (Å²) in [7, 11) is 0. The predicted molar refractivity (Wildman–Crippen MR) is 98.5 cm³/mol. The van der Waals surface area contributed by atoms with E-state index in [4.69, 9.17) is 0 Å². The van der Waals surface area contributed by atoms with Gasteiger partial charge in [-0.05, 0) is 25.3 Å². The van der Waals surface area contributed by atoms with E-state index in [-0.39, 0.29) is 5.91 Å². The number of thiazole rings is 1. The lowest BCUT2D eigenvalue weighted by Gasteiger charge is -2.06. The molecule has 1 amide bonds. The van der Waals surface area contributed by atoms with Crippen LogP contribution in [0.2, 0.25) is 0 Å². The molecule has 2 aromatic carbocycles. The smallest absolute Gasteiger partial charge is 0.256 e. The van der Waals surface area contributed by atoms with Gasteiger partial charge in [0.1, 0.15) is 10.7 Å². The highest BCUT2D eigenvalue weighted by Crippen LogP contribution is 2.37. The topological polar surface area (TPSA) is 42.0 Å². The van der Waals surface area contributed by atoms with Gasteiger partial charge in [-0.15, -0.1) is 0 Å². The normalized spacial score (nSPS) is 10.5. The molecule has 5 heteroatoms. The summed E-state index contributed by atoms with van der Waals surface area (Å²) in [6.07, 6.45) is 1.99. The Balaban J connectivity index is 1.93. The maximum atomic E-state index is 12.5. The van der Waals surface area contributed by atoms with E-state index in [0.717, 1.165) is 26.2 Å². The standard InChI is InChI=1S/C18H16N2OS2/c1-12-7-6-10-14(11-12)16(21)20-17-15(19-18(22-2)23-17)13-8-4-3-5-9-13/h3-11H,1-2H3,(H,20,21). The first-order chi connectivity index (χ1) is 11.2. The van der Waals surface area contributed by atoms with Crippen LogP contribution in [0.15, 0.2) is 58.9 Å². The zero-order valence-corrected chi connectivity index (χ0v) is 14.5. The van der Waals surface area contributed by atoms with Gasteiger partial charge >= 0.3 is 0 Å². The highest BCUT2D eigenvalue weighted by Gasteiger charge is 2.16. The molecular formula is C18H16N2OS2. The van der Waals surface area contributed by atoms with Crippen molar-refractivity contribution < 1.29 is 4.79 Å². The Morgan fingerprint density at radius 3 is 2.61 bits per heavy atom. The van der Waals surface area contributed by atoms with Gasteiger partial charge in [0.05, 0.1) is 0 Å². The van der Waals surface area contributed by atoms with Crippen LogP contribution in [0.5, 0.6) is 0 Å². The molecule has 1 heterocycles. The zero-order valence-electron chi connectivity index (χ0n) is 12.9. The Bertz CT molecular complexity index is 828. The number of aryl methyl sites for hydroxylation is 1. The Kier molecular flexibility index (Phi) is 4.79. The number of amides is 1. The molecule has 3 nitrogen and oxygen atoms in total. The Labute approximate surface area is 143 Å². The van der Waals surface area contributed by atoms with Crippen molar-refractivity contribution in [3.8, 4) is 11.3 Å². The van der Waals surface area contributed by atoms with Crippen molar-refractivity contribution >= 4 is 34.0 Å². The molecule has 1 aromatic heterocycles. The van der Waals surface area contributed by atoms with E-state index in [0.29, 0.717) is 5.56 Å². The third-order valence-electron chi connectivity index (χ3n) is 3.34. The number of thioether (sulfide) groups is 1. The van der Waals surface area contributed by atoms with Crippen LogP contribution in [0.1, 0.15) is 15.9 Å². The first-order valence-corrected chi connectivity index (χ1v) is 9.20. The molecule has 0 fully saturated rings. The van der Waals surface area contributed by atoms with Crippen molar-refractivity contribution in [1.29, 1.82) is 0 Å². The van der Waals surface area contributed by atoms with Gasteiger partial charge in [0.15, 0.2) is 4.34 Å². The molecule has 0 radical (unpaired) electrons. The molecule has 0 bridgehead atoms. The number of benzene rings is 2. The van der Waals surface area contributed by atoms with E-state index < -0.39 is 0 Å². The lowest BCUT2D eigenvalue weighted by atomic mass is 10.1. The van der Waals surface area contributed by atoms with Crippen molar-refractivity contribution in [3.63, 3.8) is 0 Å². The van der Waals surface area contributed by atoms with E-state index in [2.05, 4.69) is 10.3 Å². The lowest BCUT2D eigenvalue weighted by molar-refractivity contribution is 0.102. The Hall–Kier alpha value is -2.11. The highest BCUT2D eigenvalue weighted by atomic mass is 32.2. The minimum Gasteiger partial charge on any atom is -0.312 e. The minimum absolute atomic E-state index is 0.109. The molecule has 0 saturated heterocycles. The summed E-state index contributed by atoms with van der Waals surface area (Å²) in [6, 6.07) is 17.5. The number of anilines is 1. The number of carbonyl (C=O) groups is 1. The first-order valence-electron chi connectivity index (χ1n) is 7.15. The fraction of sp³-hybridized carbons (Fsp3) is 0.111. The Morgan fingerprint density at radius 2 is 1.91 bits per heavy atom. The monoisotopic (exact) mass is 340 g/mol.